The summed E-state index contributed by atoms with van der Waals surface area (Å²) in [6, 6.07) is 2.27. The van der Waals surface area contributed by atoms with Gasteiger partial charge >= 0.3 is 5.97 Å². The van der Waals surface area contributed by atoms with Gasteiger partial charge in [-0.1, -0.05) is 15.9 Å². The lowest BCUT2D eigenvalue weighted by molar-refractivity contribution is -0.385. The lowest BCUT2D eigenvalue weighted by atomic mass is 10.1. The summed E-state index contributed by atoms with van der Waals surface area (Å²) in [4.78, 5) is 31.5. The Balaban J connectivity index is 3.05. The molecule has 9 heteroatoms. The first-order chi connectivity index (χ1) is 9.94. The topological polar surface area (TPSA) is 105 Å². The maximum absolute atomic E-state index is 11.2. The Kier molecular flexibility index (Phi) is 6.10. The molecule has 0 amide bonds. The Labute approximate surface area is 128 Å². The number of carbonyl (C=O) groups is 2. The van der Waals surface area contributed by atoms with E-state index in [2.05, 4.69) is 20.7 Å². The van der Waals surface area contributed by atoms with Gasteiger partial charge in [0, 0.05) is 6.07 Å². The van der Waals surface area contributed by atoms with Crippen molar-refractivity contribution >= 4 is 33.9 Å². The number of nitrogens with zero attached hydrogens (tertiary/aromatic N) is 1. The molecule has 0 bridgehead atoms. The summed E-state index contributed by atoms with van der Waals surface area (Å²) in [7, 11) is 2.55. The second-order valence-electron chi connectivity index (χ2n) is 3.74. The van der Waals surface area contributed by atoms with Crippen LogP contribution in [0, 0.1) is 10.1 Å². The van der Waals surface area contributed by atoms with Gasteiger partial charge in [-0.3, -0.25) is 19.7 Å². The summed E-state index contributed by atoms with van der Waals surface area (Å²) >= 11 is 3.05. The number of rotatable bonds is 7. The highest BCUT2D eigenvalue weighted by Crippen LogP contribution is 2.34. The maximum Gasteiger partial charge on any atom is 0.322 e. The second kappa shape index (κ2) is 7.58. The number of ether oxygens (including phenoxy) is 3. The molecule has 1 aromatic carbocycles. The third kappa shape index (κ3) is 4.15. The molecular formula is C12H12BrNO7. The predicted molar refractivity (Wildman–Crippen MR) is 75.3 cm³/mol. The molecule has 114 valence electrons. The molecule has 8 nitrogen and oxygen atoms in total. The average Bonchev–Trinajstić information content (AvgIpc) is 2.50. The van der Waals surface area contributed by atoms with E-state index in [4.69, 9.17) is 9.47 Å². The van der Waals surface area contributed by atoms with Crippen molar-refractivity contribution in [1.82, 2.24) is 0 Å². The number of aldehydes is 1. The molecule has 1 aromatic rings. The molecule has 0 N–H and O–H groups in total. The zero-order valence-corrected chi connectivity index (χ0v) is 12.8. The zero-order chi connectivity index (χ0) is 16.0. The number of nitro groups is 1. The van der Waals surface area contributed by atoms with Gasteiger partial charge in [0.05, 0.1) is 30.8 Å². The standard InChI is InChI=1S/C12H12BrNO7/c1-19-10-3-7(5-15)9(14(17)18)4-11(10)21-6-8(13)12(16)20-2/h3-5,8H,6H2,1-2H3. The van der Waals surface area contributed by atoms with Crippen molar-refractivity contribution in [3.8, 4) is 11.5 Å². The molecule has 0 saturated heterocycles. The monoisotopic (exact) mass is 361 g/mol. The van der Waals surface area contributed by atoms with Gasteiger partial charge in [-0.2, -0.15) is 0 Å². The first-order valence-electron chi connectivity index (χ1n) is 5.60. The zero-order valence-electron chi connectivity index (χ0n) is 11.2. The normalized spacial score (nSPS) is 11.4. The summed E-state index contributed by atoms with van der Waals surface area (Å²) < 4.78 is 14.8. The van der Waals surface area contributed by atoms with E-state index in [1.54, 1.807) is 0 Å². The SMILES string of the molecule is COC(=O)C(Br)COc1cc([N+](=O)[O-])c(C=O)cc1OC. The van der Waals surface area contributed by atoms with Crippen molar-refractivity contribution < 1.29 is 28.7 Å². The summed E-state index contributed by atoms with van der Waals surface area (Å²) in [6.45, 7) is -0.124. The third-order valence-corrected chi connectivity index (χ3v) is 3.12. The van der Waals surface area contributed by atoms with Crippen LogP contribution in [0.4, 0.5) is 5.69 Å². The van der Waals surface area contributed by atoms with Crippen molar-refractivity contribution in [3.05, 3.63) is 27.8 Å². The van der Waals surface area contributed by atoms with Gasteiger partial charge in [0.1, 0.15) is 11.4 Å². The number of methoxy groups -OCH3 is 2. The fraction of sp³-hybridized carbons (Fsp3) is 0.333. The number of alkyl halides is 1. The van der Waals surface area contributed by atoms with Gasteiger partial charge in [-0.25, -0.2) is 0 Å². The van der Waals surface area contributed by atoms with E-state index in [1.807, 2.05) is 0 Å². The lowest BCUT2D eigenvalue weighted by Crippen LogP contribution is -2.23. The van der Waals surface area contributed by atoms with Crippen molar-refractivity contribution in [2.75, 3.05) is 20.8 Å². The average molecular weight is 362 g/mol. The van der Waals surface area contributed by atoms with Crippen LogP contribution in [-0.4, -0.2) is 42.8 Å². The number of nitro benzene ring substituents is 1. The summed E-state index contributed by atoms with van der Waals surface area (Å²) in [5.74, 6) is -0.358. The Bertz CT molecular complexity index is 561. The molecule has 0 aliphatic heterocycles. The van der Waals surface area contributed by atoms with Crippen LogP contribution in [0.1, 0.15) is 10.4 Å². The van der Waals surface area contributed by atoms with Crippen LogP contribution in [0.5, 0.6) is 11.5 Å². The lowest BCUT2D eigenvalue weighted by Gasteiger charge is -2.13. The Morgan fingerprint density at radius 2 is 2.10 bits per heavy atom. The fourth-order valence-corrected chi connectivity index (χ4v) is 1.77. The highest BCUT2D eigenvalue weighted by atomic mass is 79.9. The van der Waals surface area contributed by atoms with Crippen LogP contribution < -0.4 is 9.47 Å². The molecule has 0 aromatic heterocycles. The minimum absolute atomic E-state index is 0.0446. The molecular weight excluding hydrogens is 350 g/mol. The quantitative estimate of drug-likeness (QED) is 0.239. The molecule has 0 fully saturated rings. The highest BCUT2D eigenvalue weighted by Gasteiger charge is 2.21. The molecule has 1 unspecified atom stereocenters. The van der Waals surface area contributed by atoms with Crippen LogP contribution in [0.3, 0.4) is 0 Å². The maximum atomic E-state index is 11.2. The van der Waals surface area contributed by atoms with Crippen LogP contribution in [0.25, 0.3) is 0 Å². The largest absolute Gasteiger partial charge is 0.493 e. The molecule has 0 saturated carbocycles. The molecule has 0 aliphatic carbocycles. The van der Waals surface area contributed by atoms with Crippen molar-refractivity contribution in [1.29, 1.82) is 0 Å². The first kappa shape index (κ1) is 16.9. The van der Waals surface area contributed by atoms with Gasteiger partial charge in [-0.05, 0) is 0 Å². The van der Waals surface area contributed by atoms with Crippen molar-refractivity contribution in [3.63, 3.8) is 0 Å². The van der Waals surface area contributed by atoms with Crippen LogP contribution >= 0.6 is 15.9 Å². The van der Waals surface area contributed by atoms with Gasteiger partial charge in [0.15, 0.2) is 17.8 Å². The molecule has 21 heavy (non-hydrogen) atoms. The first-order valence-corrected chi connectivity index (χ1v) is 6.52. The number of carbonyl (C=O) groups excluding carboxylic acids is 2. The van der Waals surface area contributed by atoms with E-state index in [0.29, 0.717) is 6.29 Å². The van der Waals surface area contributed by atoms with E-state index in [-0.39, 0.29) is 23.7 Å². The van der Waals surface area contributed by atoms with E-state index >= 15 is 0 Å². The molecule has 0 heterocycles. The minimum atomic E-state index is -0.739. The molecule has 1 rings (SSSR count). The summed E-state index contributed by atoms with van der Waals surface area (Å²) in [6.07, 6.45) is 0.353. The van der Waals surface area contributed by atoms with Gasteiger partial charge < -0.3 is 14.2 Å². The van der Waals surface area contributed by atoms with Crippen LogP contribution in [0.15, 0.2) is 12.1 Å². The molecule has 1 atom stereocenters. The number of hydrogen-bond acceptors (Lipinski definition) is 7. The van der Waals surface area contributed by atoms with Crippen molar-refractivity contribution in [2.45, 2.75) is 4.83 Å². The van der Waals surface area contributed by atoms with Crippen LogP contribution in [-0.2, 0) is 9.53 Å². The molecule has 0 radical (unpaired) electrons. The Morgan fingerprint density at radius 3 is 2.57 bits per heavy atom. The number of halogens is 1. The highest BCUT2D eigenvalue weighted by molar-refractivity contribution is 9.10. The third-order valence-electron chi connectivity index (χ3n) is 2.48. The Hall–Kier alpha value is -2.16. The fourth-order valence-electron chi connectivity index (χ4n) is 1.45. The van der Waals surface area contributed by atoms with E-state index in [1.165, 1.54) is 20.3 Å². The molecule has 0 aliphatic rings. The second-order valence-corrected chi connectivity index (χ2v) is 4.84. The van der Waals surface area contributed by atoms with E-state index in [9.17, 15) is 19.7 Å². The van der Waals surface area contributed by atoms with Gasteiger partial charge in [0.25, 0.3) is 5.69 Å². The molecule has 0 spiro atoms. The Morgan fingerprint density at radius 1 is 1.43 bits per heavy atom. The van der Waals surface area contributed by atoms with E-state index < -0.39 is 21.4 Å². The van der Waals surface area contributed by atoms with Crippen molar-refractivity contribution in [2.24, 2.45) is 0 Å². The van der Waals surface area contributed by atoms with E-state index in [0.717, 1.165) is 6.07 Å². The number of benzene rings is 1. The number of hydrogen-bond donors (Lipinski definition) is 0. The summed E-state index contributed by atoms with van der Waals surface area (Å²) in [5.41, 5.74) is -0.544. The minimum Gasteiger partial charge on any atom is -0.493 e. The summed E-state index contributed by atoms with van der Waals surface area (Å²) in [5, 5.41) is 10.9. The van der Waals surface area contributed by atoms with Gasteiger partial charge in [-0.15, -0.1) is 0 Å². The number of esters is 1. The predicted octanol–water partition coefficient (Wildman–Crippen LogP) is 1.73. The van der Waals surface area contributed by atoms with Gasteiger partial charge in [0.2, 0.25) is 0 Å². The smallest absolute Gasteiger partial charge is 0.322 e. The van der Waals surface area contributed by atoms with Crippen LogP contribution in [0.2, 0.25) is 0 Å².